The average molecular weight is 351 g/mol. The van der Waals surface area contributed by atoms with E-state index in [-0.39, 0.29) is 18.7 Å². The molecular formula is C16H19ClN4O3. The van der Waals surface area contributed by atoms with Crippen molar-refractivity contribution in [2.45, 2.75) is 39.3 Å². The number of nitrogens with one attached hydrogen (secondary N) is 2. The molecule has 3 rings (SSSR count). The highest BCUT2D eigenvalue weighted by Gasteiger charge is 2.23. The van der Waals surface area contributed by atoms with Gasteiger partial charge in [0.1, 0.15) is 6.10 Å². The van der Waals surface area contributed by atoms with E-state index in [1.165, 1.54) is 0 Å². The van der Waals surface area contributed by atoms with Crippen molar-refractivity contribution in [1.82, 2.24) is 15.5 Å². The van der Waals surface area contributed by atoms with E-state index in [0.717, 1.165) is 24.0 Å². The summed E-state index contributed by atoms with van der Waals surface area (Å²) < 4.78 is 10.7. The molecule has 1 fully saturated rings. The van der Waals surface area contributed by atoms with E-state index in [9.17, 15) is 4.79 Å². The minimum atomic E-state index is -0.355. The van der Waals surface area contributed by atoms with Crippen molar-refractivity contribution in [3.05, 3.63) is 40.0 Å². The van der Waals surface area contributed by atoms with E-state index in [1.54, 1.807) is 6.07 Å². The molecule has 1 aliphatic rings. The molecule has 24 heavy (non-hydrogen) atoms. The van der Waals surface area contributed by atoms with Crippen LogP contribution in [0, 0.1) is 13.8 Å². The normalized spacial score (nSPS) is 17.0. The quantitative estimate of drug-likeness (QED) is 0.880. The Balaban J connectivity index is 1.57. The number of hydrogen-bond acceptors (Lipinski definition) is 5. The van der Waals surface area contributed by atoms with E-state index >= 15 is 0 Å². The van der Waals surface area contributed by atoms with Crippen LogP contribution in [0.5, 0.6) is 0 Å². The van der Waals surface area contributed by atoms with Crippen molar-refractivity contribution < 1.29 is 14.1 Å². The highest BCUT2D eigenvalue weighted by Crippen LogP contribution is 2.27. The molecule has 1 unspecified atom stereocenters. The molecule has 2 amide bonds. The number of ether oxygens (including phenoxy) is 1. The summed E-state index contributed by atoms with van der Waals surface area (Å²) in [5, 5.41) is 9.98. The van der Waals surface area contributed by atoms with Crippen molar-refractivity contribution in [2.24, 2.45) is 0 Å². The summed E-state index contributed by atoms with van der Waals surface area (Å²) in [5.41, 5.74) is 2.47. The zero-order valence-electron chi connectivity index (χ0n) is 13.6. The number of aryl methyl sites for hydroxylation is 1. The summed E-state index contributed by atoms with van der Waals surface area (Å²) in [7, 11) is 0. The number of amides is 2. The monoisotopic (exact) mass is 350 g/mol. The lowest BCUT2D eigenvalue weighted by Gasteiger charge is -2.13. The minimum Gasteiger partial charge on any atom is -0.368 e. The van der Waals surface area contributed by atoms with Crippen LogP contribution in [0.3, 0.4) is 0 Å². The number of carbonyl (C=O) groups is 1. The summed E-state index contributed by atoms with van der Waals surface area (Å²) >= 11 is 6.09. The molecule has 8 heteroatoms. The van der Waals surface area contributed by atoms with Crippen LogP contribution in [0.15, 0.2) is 16.7 Å². The number of rotatable bonds is 4. The molecule has 0 saturated carbocycles. The number of nitrogens with zero attached hydrogens (tertiary/aromatic N) is 2. The van der Waals surface area contributed by atoms with E-state index in [1.807, 2.05) is 19.9 Å². The fraction of sp³-hybridized carbons (Fsp3) is 0.438. The lowest BCUT2D eigenvalue weighted by Crippen LogP contribution is -2.29. The van der Waals surface area contributed by atoms with Crippen LogP contribution in [-0.4, -0.2) is 22.8 Å². The van der Waals surface area contributed by atoms with Gasteiger partial charge in [-0.1, -0.05) is 22.8 Å². The van der Waals surface area contributed by atoms with Gasteiger partial charge in [0.05, 0.1) is 6.54 Å². The number of carbonyl (C=O) groups excluding carboxylic acids is 1. The third kappa shape index (κ3) is 3.68. The molecule has 1 atom stereocenters. The first-order chi connectivity index (χ1) is 11.5. The molecule has 128 valence electrons. The predicted molar refractivity (Wildman–Crippen MR) is 89.0 cm³/mol. The Morgan fingerprint density at radius 2 is 2.25 bits per heavy atom. The Kier molecular flexibility index (Phi) is 5.01. The van der Waals surface area contributed by atoms with Crippen molar-refractivity contribution in [3.63, 3.8) is 0 Å². The number of anilines is 1. The number of hydrogen-bond donors (Lipinski definition) is 2. The molecule has 0 spiro atoms. The number of halogens is 1. The molecule has 1 aromatic heterocycles. The standard InChI is InChI=1S/C16H19ClN4O3/c1-9-5-6-11(17)10(2)14(9)20-16(22)18-8-13-19-15(24-21-13)12-4-3-7-23-12/h5-6,12H,3-4,7-8H2,1-2H3,(H2,18,20,22). The van der Waals surface area contributed by atoms with Crippen molar-refractivity contribution in [2.75, 3.05) is 11.9 Å². The zero-order valence-corrected chi connectivity index (χ0v) is 14.3. The van der Waals surface area contributed by atoms with Gasteiger partial charge >= 0.3 is 6.03 Å². The first-order valence-electron chi connectivity index (χ1n) is 7.79. The third-order valence-corrected chi connectivity index (χ3v) is 4.35. The summed E-state index contributed by atoms with van der Waals surface area (Å²) in [5.74, 6) is 0.876. The fourth-order valence-electron chi connectivity index (χ4n) is 2.57. The predicted octanol–water partition coefficient (Wildman–Crippen LogP) is 3.51. The Morgan fingerprint density at radius 3 is 3.00 bits per heavy atom. The Bertz CT molecular complexity index is 741. The highest BCUT2D eigenvalue weighted by atomic mass is 35.5. The Morgan fingerprint density at radius 1 is 1.42 bits per heavy atom. The van der Waals surface area contributed by atoms with Gasteiger partial charge in [0.25, 0.3) is 5.89 Å². The SMILES string of the molecule is Cc1ccc(Cl)c(C)c1NC(=O)NCc1noc(C2CCCO2)n1. The van der Waals surface area contributed by atoms with Crippen molar-refractivity contribution in [3.8, 4) is 0 Å². The van der Waals surface area contributed by atoms with Crippen LogP contribution in [0.4, 0.5) is 10.5 Å². The third-order valence-electron chi connectivity index (χ3n) is 3.94. The first-order valence-corrected chi connectivity index (χ1v) is 8.17. The second kappa shape index (κ2) is 7.19. The van der Waals surface area contributed by atoms with Gasteiger partial charge < -0.3 is 19.9 Å². The van der Waals surface area contributed by atoms with E-state index in [0.29, 0.717) is 29.0 Å². The van der Waals surface area contributed by atoms with Gasteiger partial charge in [-0.3, -0.25) is 0 Å². The maximum Gasteiger partial charge on any atom is 0.319 e. The van der Waals surface area contributed by atoms with Gasteiger partial charge in [0.15, 0.2) is 5.82 Å². The van der Waals surface area contributed by atoms with Gasteiger partial charge in [0.2, 0.25) is 0 Å². The van der Waals surface area contributed by atoms with Gasteiger partial charge in [-0.15, -0.1) is 0 Å². The molecule has 0 aliphatic carbocycles. The number of aromatic nitrogens is 2. The molecule has 1 aromatic carbocycles. The molecule has 2 N–H and O–H groups in total. The van der Waals surface area contributed by atoms with Crippen LogP contribution >= 0.6 is 11.6 Å². The van der Waals surface area contributed by atoms with Crippen LogP contribution in [-0.2, 0) is 11.3 Å². The van der Waals surface area contributed by atoms with Gasteiger partial charge in [0, 0.05) is 17.3 Å². The maximum atomic E-state index is 12.1. The molecule has 2 heterocycles. The van der Waals surface area contributed by atoms with E-state index in [2.05, 4.69) is 20.8 Å². The lowest BCUT2D eigenvalue weighted by molar-refractivity contribution is 0.0835. The van der Waals surface area contributed by atoms with Crippen molar-refractivity contribution in [1.29, 1.82) is 0 Å². The lowest BCUT2D eigenvalue weighted by atomic mass is 10.1. The van der Waals surface area contributed by atoms with Crippen LogP contribution < -0.4 is 10.6 Å². The van der Waals surface area contributed by atoms with Crippen LogP contribution in [0.2, 0.25) is 5.02 Å². The second-order valence-electron chi connectivity index (χ2n) is 5.72. The van der Waals surface area contributed by atoms with E-state index < -0.39 is 0 Å². The molecule has 7 nitrogen and oxygen atoms in total. The first kappa shape index (κ1) is 16.7. The van der Waals surface area contributed by atoms with Gasteiger partial charge in [-0.05, 0) is 43.9 Å². The Hall–Kier alpha value is -2.12. The fourth-order valence-corrected chi connectivity index (χ4v) is 2.73. The minimum absolute atomic E-state index is 0.128. The van der Waals surface area contributed by atoms with Crippen LogP contribution in [0.25, 0.3) is 0 Å². The number of urea groups is 1. The molecule has 1 aliphatic heterocycles. The molecular weight excluding hydrogens is 332 g/mol. The zero-order chi connectivity index (χ0) is 17.1. The molecule has 2 aromatic rings. The largest absolute Gasteiger partial charge is 0.368 e. The smallest absolute Gasteiger partial charge is 0.319 e. The number of benzene rings is 1. The van der Waals surface area contributed by atoms with Gasteiger partial charge in [-0.2, -0.15) is 4.98 Å². The summed E-state index contributed by atoms with van der Waals surface area (Å²) in [4.78, 5) is 16.3. The summed E-state index contributed by atoms with van der Waals surface area (Å²) in [6, 6.07) is 3.31. The molecule has 0 radical (unpaired) electrons. The molecule has 1 saturated heterocycles. The van der Waals surface area contributed by atoms with Crippen LogP contribution in [0.1, 0.15) is 41.8 Å². The Labute approximate surface area is 144 Å². The average Bonchev–Trinajstić information content (AvgIpc) is 3.24. The second-order valence-corrected chi connectivity index (χ2v) is 6.13. The summed E-state index contributed by atoms with van der Waals surface area (Å²) in [6.07, 6.45) is 1.74. The maximum absolute atomic E-state index is 12.1. The van der Waals surface area contributed by atoms with Crippen molar-refractivity contribution >= 4 is 23.3 Å². The van der Waals surface area contributed by atoms with E-state index in [4.69, 9.17) is 20.9 Å². The topological polar surface area (TPSA) is 89.3 Å². The highest BCUT2D eigenvalue weighted by molar-refractivity contribution is 6.31. The molecule has 0 bridgehead atoms. The van der Waals surface area contributed by atoms with Gasteiger partial charge in [-0.25, -0.2) is 4.79 Å². The summed E-state index contributed by atoms with van der Waals surface area (Å²) in [6.45, 7) is 4.64.